The van der Waals surface area contributed by atoms with Gasteiger partial charge in [0.1, 0.15) is 0 Å². The van der Waals surface area contributed by atoms with Gasteiger partial charge in [-0.2, -0.15) is 0 Å². The Morgan fingerprint density at radius 3 is 2.83 bits per heavy atom. The highest BCUT2D eigenvalue weighted by Gasteiger charge is 2.04. The molecule has 0 saturated heterocycles. The Balaban J connectivity index is 2.08. The first kappa shape index (κ1) is 12.0. The lowest BCUT2D eigenvalue weighted by molar-refractivity contribution is 0.1000. The number of nitrogens with one attached hydrogen (secondary N) is 1. The lowest BCUT2D eigenvalue weighted by Crippen LogP contribution is -2.11. The van der Waals surface area contributed by atoms with Gasteiger partial charge in [-0.05, 0) is 30.7 Å². The molecule has 0 radical (unpaired) electrons. The minimum absolute atomic E-state index is 0.418. The standard InChI is InChI=1S/C13H14N4O/c1-9-6-10(13(14)18)2-3-12(9)17-8-11-7-15-4-5-16-11/h2-7,17H,8H2,1H3,(H2,14,18). The first-order valence-electron chi connectivity index (χ1n) is 5.56. The van der Waals surface area contributed by atoms with E-state index in [0.717, 1.165) is 16.9 Å². The summed E-state index contributed by atoms with van der Waals surface area (Å²) in [5.74, 6) is -0.418. The molecule has 1 heterocycles. The predicted octanol–water partition coefficient (Wildman–Crippen LogP) is 1.50. The van der Waals surface area contributed by atoms with Gasteiger partial charge in [0, 0.05) is 23.6 Å². The molecule has 3 N–H and O–H groups in total. The second-order valence-electron chi connectivity index (χ2n) is 3.94. The lowest BCUT2D eigenvalue weighted by Gasteiger charge is -2.09. The van der Waals surface area contributed by atoms with Crippen molar-refractivity contribution >= 4 is 11.6 Å². The fraction of sp³-hybridized carbons (Fsp3) is 0.154. The minimum atomic E-state index is -0.418. The first-order chi connectivity index (χ1) is 8.66. The van der Waals surface area contributed by atoms with Crippen molar-refractivity contribution in [3.63, 3.8) is 0 Å². The Hall–Kier alpha value is -2.43. The Morgan fingerprint density at radius 1 is 1.39 bits per heavy atom. The fourth-order valence-corrected chi connectivity index (χ4v) is 1.62. The summed E-state index contributed by atoms with van der Waals surface area (Å²) in [5, 5.41) is 3.24. The highest BCUT2D eigenvalue weighted by atomic mass is 16.1. The number of amides is 1. The zero-order valence-electron chi connectivity index (χ0n) is 10.1. The van der Waals surface area contributed by atoms with Crippen LogP contribution in [-0.2, 0) is 6.54 Å². The number of anilines is 1. The van der Waals surface area contributed by atoms with Crippen molar-refractivity contribution in [2.75, 3.05) is 5.32 Å². The molecule has 0 unspecified atom stereocenters. The van der Waals surface area contributed by atoms with Crippen LogP contribution in [-0.4, -0.2) is 15.9 Å². The van der Waals surface area contributed by atoms with E-state index in [-0.39, 0.29) is 0 Å². The van der Waals surface area contributed by atoms with E-state index in [9.17, 15) is 4.79 Å². The highest BCUT2D eigenvalue weighted by molar-refractivity contribution is 5.93. The molecule has 0 fully saturated rings. The molecule has 0 saturated carbocycles. The van der Waals surface area contributed by atoms with E-state index >= 15 is 0 Å². The summed E-state index contributed by atoms with van der Waals surface area (Å²) < 4.78 is 0. The van der Waals surface area contributed by atoms with Gasteiger partial charge in [-0.1, -0.05) is 0 Å². The summed E-state index contributed by atoms with van der Waals surface area (Å²) in [5.41, 5.74) is 8.51. The molecule has 1 aromatic carbocycles. The molecular weight excluding hydrogens is 228 g/mol. The van der Waals surface area contributed by atoms with E-state index in [1.807, 2.05) is 13.0 Å². The molecule has 0 aliphatic carbocycles. The number of rotatable bonds is 4. The van der Waals surface area contributed by atoms with Crippen LogP contribution in [0.4, 0.5) is 5.69 Å². The first-order valence-corrected chi connectivity index (χ1v) is 5.56. The van der Waals surface area contributed by atoms with Crippen LogP contribution in [0.15, 0.2) is 36.8 Å². The van der Waals surface area contributed by atoms with E-state index in [2.05, 4.69) is 15.3 Å². The van der Waals surface area contributed by atoms with Gasteiger partial charge in [0.05, 0.1) is 18.4 Å². The number of nitrogens with zero attached hydrogens (tertiary/aromatic N) is 2. The molecule has 2 aromatic rings. The Morgan fingerprint density at radius 2 is 2.22 bits per heavy atom. The van der Waals surface area contributed by atoms with Crippen molar-refractivity contribution < 1.29 is 4.79 Å². The summed E-state index contributed by atoms with van der Waals surface area (Å²) in [6.45, 7) is 2.51. The molecule has 2 rings (SSSR count). The molecule has 1 amide bonds. The second-order valence-corrected chi connectivity index (χ2v) is 3.94. The molecule has 5 nitrogen and oxygen atoms in total. The van der Waals surface area contributed by atoms with Crippen LogP contribution in [0, 0.1) is 6.92 Å². The molecule has 0 aliphatic heterocycles. The Kier molecular flexibility index (Phi) is 3.52. The van der Waals surface area contributed by atoms with E-state index in [0.29, 0.717) is 12.1 Å². The third-order valence-corrected chi connectivity index (χ3v) is 2.59. The molecule has 92 valence electrons. The van der Waals surface area contributed by atoms with Gasteiger partial charge in [0.25, 0.3) is 0 Å². The molecular formula is C13H14N4O. The number of benzene rings is 1. The van der Waals surface area contributed by atoms with Gasteiger partial charge in [0.15, 0.2) is 0 Å². The van der Waals surface area contributed by atoms with Crippen molar-refractivity contribution in [1.29, 1.82) is 0 Å². The number of hydrogen-bond acceptors (Lipinski definition) is 4. The maximum Gasteiger partial charge on any atom is 0.248 e. The maximum atomic E-state index is 11.0. The van der Waals surface area contributed by atoms with E-state index < -0.39 is 5.91 Å². The molecule has 1 aromatic heterocycles. The van der Waals surface area contributed by atoms with Crippen molar-refractivity contribution in [2.24, 2.45) is 5.73 Å². The van der Waals surface area contributed by atoms with E-state index in [1.165, 1.54) is 0 Å². The second kappa shape index (κ2) is 5.27. The molecule has 0 spiro atoms. The smallest absolute Gasteiger partial charge is 0.248 e. The fourth-order valence-electron chi connectivity index (χ4n) is 1.62. The van der Waals surface area contributed by atoms with Crippen LogP contribution in [0.25, 0.3) is 0 Å². The number of aryl methyl sites for hydroxylation is 1. The van der Waals surface area contributed by atoms with Crippen LogP contribution < -0.4 is 11.1 Å². The van der Waals surface area contributed by atoms with Gasteiger partial charge >= 0.3 is 0 Å². The molecule has 0 bridgehead atoms. The van der Waals surface area contributed by atoms with Gasteiger partial charge in [-0.15, -0.1) is 0 Å². The highest BCUT2D eigenvalue weighted by Crippen LogP contribution is 2.16. The quantitative estimate of drug-likeness (QED) is 0.851. The molecule has 0 aliphatic rings. The van der Waals surface area contributed by atoms with Gasteiger partial charge in [-0.3, -0.25) is 14.8 Å². The van der Waals surface area contributed by atoms with Crippen molar-refractivity contribution in [3.8, 4) is 0 Å². The van der Waals surface area contributed by atoms with Crippen LogP contribution in [0.1, 0.15) is 21.6 Å². The number of carbonyl (C=O) groups excluding carboxylic acids is 1. The topological polar surface area (TPSA) is 80.9 Å². The summed E-state index contributed by atoms with van der Waals surface area (Å²) in [6, 6.07) is 5.31. The van der Waals surface area contributed by atoms with E-state index in [4.69, 9.17) is 5.73 Å². The maximum absolute atomic E-state index is 11.0. The number of carbonyl (C=O) groups is 1. The summed E-state index contributed by atoms with van der Waals surface area (Å²) >= 11 is 0. The van der Waals surface area contributed by atoms with Gasteiger partial charge in [-0.25, -0.2) is 0 Å². The normalized spacial score (nSPS) is 10.1. The molecule has 18 heavy (non-hydrogen) atoms. The number of primary amides is 1. The number of nitrogens with two attached hydrogens (primary N) is 1. The zero-order chi connectivity index (χ0) is 13.0. The average Bonchev–Trinajstić information content (AvgIpc) is 2.38. The third-order valence-electron chi connectivity index (χ3n) is 2.59. The monoisotopic (exact) mass is 242 g/mol. The summed E-state index contributed by atoms with van der Waals surface area (Å²) in [6.07, 6.45) is 5.00. The van der Waals surface area contributed by atoms with Crippen molar-refractivity contribution in [3.05, 3.63) is 53.6 Å². The van der Waals surface area contributed by atoms with Crippen LogP contribution in [0.5, 0.6) is 0 Å². The molecule has 0 atom stereocenters. The lowest BCUT2D eigenvalue weighted by atomic mass is 10.1. The SMILES string of the molecule is Cc1cc(C(N)=O)ccc1NCc1cnccn1. The van der Waals surface area contributed by atoms with Crippen molar-refractivity contribution in [2.45, 2.75) is 13.5 Å². The minimum Gasteiger partial charge on any atom is -0.379 e. The van der Waals surface area contributed by atoms with Gasteiger partial charge < -0.3 is 11.1 Å². The van der Waals surface area contributed by atoms with E-state index in [1.54, 1.807) is 30.7 Å². The number of aromatic nitrogens is 2. The average molecular weight is 242 g/mol. The predicted molar refractivity (Wildman–Crippen MR) is 69.1 cm³/mol. The van der Waals surface area contributed by atoms with Crippen LogP contribution in [0.3, 0.4) is 0 Å². The number of hydrogen-bond donors (Lipinski definition) is 2. The zero-order valence-corrected chi connectivity index (χ0v) is 10.1. The largest absolute Gasteiger partial charge is 0.379 e. The van der Waals surface area contributed by atoms with Crippen LogP contribution in [0.2, 0.25) is 0 Å². The summed E-state index contributed by atoms with van der Waals surface area (Å²) in [7, 11) is 0. The van der Waals surface area contributed by atoms with Crippen LogP contribution >= 0.6 is 0 Å². The third kappa shape index (κ3) is 2.82. The van der Waals surface area contributed by atoms with Gasteiger partial charge in [0.2, 0.25) is 5.91 Å². The Bertz CT molecular complexity index is 554. The summed E-state index contributed by atoms with van der Waals surface area (Å²) in [4.78, 5) is 19.2. The molecule has 5 heteroatoms. The Labute approximate surface area is 105 Å². The van der Waals surface area contributed by atoms with Crippen molar-refractivity contribution in [1.82, 2.24) is 9.97 Å².